The second-order valence-corrected chi connectivity index (χ2v) is 9.15. The van der Waals surface area contributed by atoms with E-state index in [1.54, 1.807) is 0 Å². The Balaban J connectivity index is 0.000000186. The minimum absolute atomic E-state index is 0.112. The van der Waals surface area contributed by atoms with Gasteiger partial charge in [-0.3, -0.25) is 0 Å². The molecule has 0 aliphatic rings. The molecule has 32 heavy (non-hydrogen) atoms. The lowest BCUT2D eigenvalue weighted by molar-refractivity contribution is 0.549. The first-order chi connectivity index (χ1) is 15.3. The van der Waals surface area contributed by atoms with Crippen LogP contribution in [0, 0.1) is 27.7 Å². The molecular weight excluding hydrogens is 384 g/mol. The zero-order valence-corrected chi connectivity index (χ0v) is 20.4. The van der Waals surface area contributed by atoms with Gasteiger partial charge in [0.15, 0.2) is 0 Å². The van der Waals surface area contributed by atoms with Crippen molar-refractivity contribution in [3.05, 3.63) is 130 Å². The van der Waals surface area contributed by atoms with Gasteiger partial charge >= 0.3 is 0 Å². The zero-order valence-electron chi connectivity index (χ0n) is 20.4. The minimum atomic E-state index is 0.112. The molecule has 0 spiro atoms. The van der Waals surface area contributed by atoms with Crippen LogP contribution < -0.4 is 0 Å². The topological polar surface area (TPSA) is 0 Å². The molecule has 0 fully saturated rings. The van der Waals surface area contributed by atoms with Crippen LogP contribution in [0.5, 0.6) is 0 Å². The van der Waals surface area contributed by atoms with E-state index in [1.807, 2.05) is 0 Å². The lowest BCUT2D eigenvalue weighted by Gasteiger charge is -2.30. The highest BCUT2D eigenvalue weighted by molar-refractivity contribution is 5.63. The van der Waals surface area contributed by atoms with Crippen LogP contribution in [0.2, 0.25) is 0 Å². The summed E-state index contributed by atoms with van der Waals surface area (Å²) in [6, 6.07) is 35.1. The quantitative estimate of drug-likeness (QED) is 0.309. The molecule has 4 rings (SSSR count). The molecule has 0 radical (unpaired) electrons. The largest absolute Gasteiger partial charge is 0.0642 e. The van der Waals surface area contributed by atoms with E-state index in [0.29, 0.717) is 0 Å². The van der Waals surface area contributed by atoms with Gasteiger partial charge in [-0.25, -0.2) is 0 Å². The molecule has 4 aromatic carbocycles. The lowest BCUT2D eigenvalue weighted by Crippen LogP contribution is -2.22. The van der Waals surface area contributed by atoms with Crippen molar-refractivity contribution in [1.82, 2.24) is 0 Å². The van der Waals surface area contributed by atoms with E-state index in [1.165, 1.54) is 44.5 Å². The summed E-state index contributed by atoms with van der Waals surface area (Å²) in [6.45, 7) is 13.1. The molecule has 0 aromatic heterocycles. The molecule has 0 N–H and O–H groups in total. The second-order valence-electron chi connectivity index (χ2n) is 9.15. The van der Waals surface area contributed by atoms with E-state index in [-0.39, 0.29) is 5.41 Å². The summed E-state index contributed by atoms with van der Waals surface area (Å²) in [6.07, 6.45) is 1.11. The summed E-state index contributed by atoms with van der Waals surface area (Å²) in [5.74, 6) is 0. The summed E-state index contributed by atoms with van der Waals surface area (Å²) in [5, 5.41) is 0. The predicted molar refractivity (Wildman–Crippen MR) is 140 cm³/mol. The third kappa shape index (κ3) is 5.77. The van der Waals surface area contributed by atoms with Crippen molar-refractivity contribution in [1.29, 1.82) is 0 Å². The standard InChI is InChI=1S/C18H22.C14H14/c1-5-18(4,16-10-6-14(2)7-11-16)17-12-8-15(3)9-13-17;1-11-3-7-13(8-4-11)14-9-5-12(2)6-10-14/h6-13H,5H2,1-4H3;3-10H,1-2H3. The molecule has 0 nitrogen and oxygen atoms in total. The average molecular weight is 421 g/mol. The molecule has 0 atom stereocenters. The van der Waals surface area contributed by atoms with Gasteiger partial charge in [-0.05, 0) is 56.4 Å². The molecule has 0 heteroatoms. The van der Waals surface area contributed by atoms with Gasteiger partial charge in [0.1, 0.15) is 0 Å². The van der Waals surface area contributed by atoms with E-state index in [4.69, 9.17) is 0 Å². The predicted octanol–water partition coefficient (Wildman–Crippen LogP) is 8.99. The molecule has 0 aliphatic carbocycles. The fourth-order valence-electron chi connectivity index (χ4n) is 3.91. The number of benzene rings is 4. The van der Waals surface area contributed by atoms with E-state index in [9.17, 15) is 0 Å². The van der Waals surface area contributed by atoms with Crippen molar-refractivity contribution >= 4 is 0 Å². The molecule has 0 saturated heterocycles. The van der Waals surface area contributed by atoms with Crippen molar-refractivity contribution in [2.75, 3.05) is 0 Å². The molecule has 0 saturated carbocycles. The molecule has 4 aromatic rings. The van der Waals surface area contributed by atoms with Crippen LogP contribution >= 0.6 is 0 Å². The molecule has 0 aliphatic heterocycles. The SMILES string of the molecule is CCC(C)(c1ccc(C)cc1)c1ccc(C)cc1.Cc1ccc(-c2ccc(C)cc2)cc1. The van der Waals surface area contributed by atoms with E-state index < -0.39 is 0 Å². The van der Waals surface area contributed by atoms with Crippen LogP contribution in [-0.2, 0) is 5.41 Å². The number of hydrogen-bond donors (Lipinski definition) is 0. The van der Waals surface area contributed by atoms with Gasteiger partial charge < -0.3 is 0 Å². The van der Waals surface area contributed by atoms with E-state index >= 15 is 0 Å². The van der Waals surface area contributed by atoms with Crippen molar-refractivity contribution in [3.8, 4) is 11.1 Å². The first-order valence-electron chi connectivity index (χ1n) is 11.6. The molecular formula is C32H36. The molecule has 0 amide bonds. The molecule has 164 valence electrons. The number of rotatable bonds is 4. The zero-order chi connectivity index (χ0) is 23.1. The minimum Gasteiger partial charge on any atom is -0.0642 e. The van der Waals surface area contributed by atoms with Crippen LogP contribution in [0.4, 0.5) is 0 Å². The maximum Gasteiger partial charge on any atom is 0.0172 e. The normalized spacial score (nSPS) is 10.9. The van der Waals surface area contributed by atoms with Crippen LogP contribution in [-0.4, -0.2) is 0 Å². The molecule has 0 unspecified atom stereocenters. The van der Waals surface area contributed by atoms with E-state index in [0.717, 1.165) is 6.42 Å². The summed E-state index contributed by atoms with van der Waals surface area (Å²) < 4.78 is 0. The Kier molecular flexibility index (Phi) is 7.70. The Hall–Kier alpha value is -3.12. The third-order valence-corrected chi connectivity index (χ3v) is 6.52. The maximum atomic E-state index is 2.34. The lowest BCUT2D eigenvalue weighted by atomic mass is 9.74. The highest BCUT2D eigenvalue weighted by Gasteiger charge is 2.26. The summed E-state index contributed by atoms with van der Waals surface area (Å²) in [7, 11) is 0. The Bertz CT molecular complexity index is 1010. The van der Waals surface area contributed by atoms with Crippen molar-refractivity contribution in [2.45, 2.75) is 53.4 Å². The molecule has 0 heterocycles. The fourth-order valence-corrected chi connectivity index (χ4v) is 3.91. The Morgan fingerprint density at radius 2 is 0.688 bits per heavy atom. The van der Waals surface area contributed by atoms with Gasteiger partial charge in [0.25, 0.3) is 0 Å². The van der Waals surface area contributed by atoms with Gasteiger partial charge in [-0.15, -0.1) is 0 Å². The number of hydrogen-bond acceptors (Lipinski definition) is 0. The third-order valence-electron chi connectivity index (χ3n) is 6.52. The maximum absolute atomic E-state index is 2.34. The number of aryl methyl sites for hydroxylation is 4. The van der Waals surface area contributed by atoms with Crippen LogP contribution in [0.1, 0.15) is 53.6 Å². The van der Waals surface area contributed by atoms with Crippen LogP contribution in [0.15, 0.2) is 97.1 Å². The van der Waals surface area contributed by atoms with E-state index in [2.05, 4.69) is 139 Å². The van der Waals surface area contributed by atoms with Gasteiger partial charge in [0.05, 0.1) is 0 Å². The van der Waals surface area contributed by atoms with Crippen molar-refractivity contribution in [2.24, 2.45) is 0 Å². The molecule has 0 bridgehead atoms. The average Bonchev–Trinajstić information content (AvgIpc) is 2.81. The Morgan fingerprint density at radius 3 is 0.938 bits per heavy atom. The summed E-state index contributed by atoms with van der Waals surface area (Å²) in [4.78, 5) is 0. The second kappa shape index (κ2) is 10.5. The van der Waals surface area contributed by atoms with Crippen molar-refractivity contribution in [3.63, 3.8) is 0 Å². The van der Waals surface area contributed by atoms with Crippen molar-refractivity contribution < 1.29 is 0 Å². The monoisotopic (exact) mass is 420 g/mol. The Morgan fingerprint density at radius 1 is 0.438 bits per heavy atom. The van der Waals surface area contributed by atoms with Crippen LogP contribution in [0.3, 0.4) is 0 Å². The fraction of sp³-hybridized carbons (Fsp3) is 0.250. The summed E-state index contributed by atoms with van der Waals surface area (Å²) >= 11 is 0. The first kappa shape index (κ1) is 23.5. The van der Waals surface area contributed by atoms with Gasteiger partial charge in [0.2, 0.25) is 0 Å². The smallest absolute Gasteiger partial charge is 0.0172 e. The highest BCUT2D eigenvalue weighted by Crippen LogP contribution is 2.35. The first-order valence-corrected chi connectivity index (χ1v) is 11.6. The van der Waals surface area contributed by atoms with Gasteiger partial charge in [-0.1, -0.05) is 133 Å². The highest BCUT2D eigenvalue weighted by atomic mass is 14.3. The Labute approximate surface area is 195 Å². The van der Waals surface area contributed by atoms with Crippen LogP contribution in [0.25, 0.3) is 11.1 Å². The van der Waals surface area contributed by atoms with Gasteiger partial charge in [0, 0.05) is 5.41 Å². The van der Waals surface area contributed by atoms with Gasteiger partial charge in [-0.2, -0.15) is 0 Å². The summed E-state index contributed by atoms with van der Waals surface area (Å²) in [5.41, 5.74) is 10.7.